The third-order valence-corrected chi connectivity index (χ3v) is 3.76. The van der Waals surface area contributed by atoms with Crippen molar-refractivity contribution in [2.24, 2.45) is 0 Å². The fourth-order valence-electron chi connectivity index (χ4n) is 2.55. The number of rotatable bonds is 2. The second kappa shape index (κ2) is 4.89. The van der Waals surface area contributed by atoms with Crippen molar-refractivity contribution in [2.75, 3.05) is 0 Å². The molecule has 0 aliphatic carbocycles. The van der Waals surface area contributed by atoms with Crippen molar-refractivity contribution in [2.45, 2.75) is 20.3 Å². The summed E-state index contributed by atoms with van der Waals surface area (Å²) in [6.45, 7) is 4.41. The fraction of sp³-hybridized carbons (Fsp3) is 0.158. The van der Waals surface area contributed by atoms with E-state index in [0.29, 0.717) is 0 Å². The molecular formula is C19H18. The number of benzene rings is 3. The Labute approximate surface area is 114 Å². The summed E-state index contributed by atoms with van der Waals surface area (Å²) in [6, 6.07) is 19.6. The molecule has 3 aromatic carbocycles. The van der Waals surface area contributed by atoms with Crippen LogP contribution in [0.25, 0.3) is 27.6 Å². The average molecular weight is 246 g/mol. The molecule has 0 heterocycles. The van der Waals surface area contributed by atoms with E-state index in [1.54, 1.807) is 0 Å². The highest BCUT2D eigenvalue weighted by atomic mass is 14.1. The molecule has 0 aromatic heterocycles. The molecule has 0 fully saturated rings. The lowest BCUT2D eigenvalue weighted by Crippen LogP contribution is -1.84. The highest BCUT2D eigenvalue weighted by Gasteiger charge is 2.05. The predicted molar refractivity (Wildman–Crippen MR) is 85.4 cm³/mol. The number of fused-ring (bicyclic) bond motifs is 2. The molecule has 0 radical (unpaired) electrons. The average Bonchev–Trinajstić information content (AvgIpc) is 2.46. The van der Waals surface area contributed by atoms with E-state index in [4.69, 9.17) is 0 Å². The van der Waals surface area contributed by atoms with Gasteiger partial charge in [0.1, 0.15) is 0 Å². The first-order chi connectivity index (χ1) is 9.29. The van der Waals surface area contributed by atoms with Crippen LogP contribution in [0.5, 0.6) is 0 Å². The molecule has 0 N–H and O–H groups in total. The van der Waals surface area contributed by atoms with Crippen molar-refractivity contribution in [3.63, 3.8) is 0 Å². The molecule has 94 valence electrons. The van der Waals surface area contributed by atoms with E-state index in [-0.39, 0.29) is 0 Å². The van der Waals surface area contributed by atoms with Crippen molar-refractivity contribution in [1.29, 1.82) is 0 Å². The van der Waals surface area contributed by atoms with Crippen molar-refractivity contribution in [3.8, 4) is 0 Å². The summed E-state index contributed by atoms with van der Waals surface area (Å²) < 4.78 is 0. The fourth-order valence-corrected chi connectivity index (χ4v) is 2.55. The van der Waals surface area contributed by atoms with E-state index in [2.05, 4.69) is 74.5 Å². The maximum absolute atomic E-state index is 2.34. The Morgan fingerprint density at radius 1 is 0.895 bits per heavy atom. The first kappa shape index (κ1) is 12.0. The van der Waals surface area contributed by atoms with Gasteiger partial charge in [0.2, 0.25) is 0 Å². The van der Waals surface area contributed by atoms with Crippen molar-refractivity contribution < 1.29 is 0 Å². The topological polar surface area (TPSA) is 0 Å². The molecular weight excluding hydrogens is 228 g/mol. The molecule has 0 aliphatic rings. The molecule has 0 heteroatoms. The Morgan fingerprint density at radius 3 is 1.95 bits per heavy atom. The van der Waals surface area contributed by atoms with Crippen molar-refractivity contribution in [3.05, 3.63) is 65.7 Å². The quantitative estimate of drug-likeness (QED) is 0.501. The normalized spacial score (nSPS) is 12.2. The maximum Gasteiger partial charge on any atom is -0.00999 e. The first-order valence-electron chi connectivity index (χ1n) is 6.87. The van der Waals surface area contributed by atoms with Gasteiger partial charge in [0.15, 0.2) is 0 Å². The second-order valence-electron chi connectivity index (χ2n) is 5.08. The lowest BCUT2D eigenvalue weighted by atomic mass is 9.95. The summed E-state index contributed by atoms with van der Waals surface area (Å²) in [7, 11) is 0. The van der Waals surface area contributed by atoms with E-state index in [0.717, 1.165) is 6.42 Å². The lowest BCUT2D eigenvalue weighted by Gasteiger charge is -2.09. The minimum atomic E-state index is 1.09. The van der Waals surface area contributed by atoms with Crippen LogP contribution in [0.4, 0.5) is 0 Å². The zero-order valence-corrected chi connectivity index (χ0v) is 11.5. The van der Waals surface area contributed by atoms with Gasteiger partial charge in [-0.05, 0) is 46.5 Å². The third-order valence-electron chi connectivity index (χ3n) is 3.76. The Kier molecular flexibility index (Phi) is 3.08. The van der Waals surface area contributed by atoms with Crippen LogP contribution >= 0.6 is 0 Å². The molecule has 19 heavy (non-hydrogen) atoms. The van der Waals surface area contributed by atoms with Crippen molar-refractivity contribution in [1.82, 2.24) is 0 Å². The van der Waals surface area contributed by atoms with Gasteiger partial charge in [-0.1, -0.05) is 67.1 Å². The molecule has 3 aromatic rings. The van der Waals surface area contributed by atoms with Crippen LogP contribution in [0.1, 0.15) is 25.8 Å². The zero-order chi connectivity index (χ0) is 13.2. The van der Waals surface area contributed by atoms with Crippen LogP contribution in [0, 0.1) is 0 Å². The first-order valence-corrected chi connectivity index (χ1v) is 6.87. The van der Waals surface area contributed by atoms with E-state index >= 15 is 0 Å². The molecule has 3 rings (SSSR count). The van der Waals surface area contributed by atoms with Gasteiger partial charge in [-0.15, -0.1) is 0 Å². The van der Waals surface area contributed by atoms with E-state index in [1.165, 1.54) is 32.7 Å². The molecule has 0 amide bonds. The number of hydrogen-bond acceptors (Lipinski definition) is 0. The lowest BCUT2D eigenvalue weighted by molar-refractivity contribution is 1.11. The third kappa shape index (κ3) is 2.15. The van der Waals surface area contributed by atoms with Crippen LogP contribution in [0.2, 0.25) is 0 Å². The van der Waals surface area contributed by atoms with E-state index in [9.17, 15) is 0 Å². The molecule has 0 spiro atoms. The summed E-state index contributed by atoms with van der Waals surface area (Å²) in [6.07, 6.45) is 3.43. The van der Waals surface area contributed by atoms with Crippen LogP contribution in [-0.2, 0) is 0 Å². The van der Waals surface area contributed by atoms with Crippen LogP contribution in [0.3, 0.4) is 0 Å². The monoisotopic (exact) mass is 246 g/mol. The molecule has 0 nitrogen and oxygen atoms in total. The molecule has 0 atom stereocenters. The van der Waals surface area contributed by atoms with Gasteiger partial charge >= 0.3 is 0 Å². The minimum Gasteiger partial charge on any atom is -0.0730 e. The largest absolute Gasteiger partial charge is 0.0730 e. The number of allylic oxidation sites excluding steroid dienone is 1. The molecule has 0 saturated heterocycles. The summed E-state index contributed by atoms with van der Waals surface area (Å²) >= 11 is 0. The minimum absolute atomic E-state index is 1.09. The maximum atomic E-state index is 2.34. The van der Waals surface area contributed by atoms with Gasteiger partial charge in [-0.2, -0.15) is 0 Å². The summed E-state index contributed by atoms with van der Waals surface area (Å²) in [5.74, 6) is 0. The van der Waals surface area contributed by atoms with E-state index < -0.39 is 0 Å². The van der Waals surface area contributed by atoms with Gasteiger partial charge in [-0.3, -0.25) is 0 Å². The Morgan fingerprint density at radius 2 is 1.42 bits per heavy atom. The number of hydrogen-bond donors (Lipinski definition) is 0. The molecule has 0 aliphatic heterocycles. The standard InChI is InChI=1S/C19H18/c1-3-14(2)12-19-17-10-6-4-8-15(17)13-16-9-5-7-11-18(16)19/h4-13H,3H2,1-2H3. The molecule has 0 bridgehead atoms. The van der Waals surface area contributed by atoms with Crippen LogP contribution < -0.4 is 0 Å². The highest BCUT2D eigenvalue weighted by Crippen LogP contribution is 2.30. The Bertz CT molecular complexity index is 709. The van der Waals surface area contributed by atoms with E-state index in [1.807, 2.05) is 0 Å². The summed E-state index contributed by atoms with van der Waals surface area (Å²) in [4.78, 5) is 0. The molecule has 0 unspecified atom stereocenters. The Balaban J connectivity index is 2.46. The summed E-state index contributed by atoms with van der Waals surface area (Å²) in [5.41, 5.74) is 2.77. The predicted octanol–water partition coefficient (Wildman–Crippen LogP) is 5.81. The van der Waals surface area contributed by atoms with Gasteiger partial charge in [-0.25, -0.2) is 0 Å². The Hall–Kier alpha value is -2.08. The summed E-state index contributed by atoms with van der Waals surface area (Å²) in [5, 5.41) is 5.32. The highest BCUT2D eigenvalue weighted by molar-refractivity contribution is 6.06. The van der Waals surface area contributed by atoms with Gasteiger partial charge < -0.3 is 0 Å². The zero-order valence-electron chi connectivity index (χ0n) is 11.5. The second-order valence-corrected chi connectivity index (χ2v) is 5.08. The van der Waals surface area contributed by atoms with Gasteiger partial charge in [0, 0.05) is 0 Å². The van der Waals surface area contributed by atoms with Crippen LogP contribution in [0.15, 0.2) is 60.2 Å². The molecule has 0 saturated carbocycles. The smallest absolute Gasteiger partial charge is 0.00999 e. The van der Waals surface area contributed by atoms with Crippen LogP contribution in [-0.4, -0.2) is 0 Å². The van der Waals surface area contributed by atoms with Gasteiger partial charge in [0.05, 0.1) is 0 Å². The SMILES string of the molecule is CCC(C)=Cc1c2ccccc2cc2ccccc12. The van der Waals surface area contributed by atoms with Gasteiger partial charge in [0.25, 0.3) is 0 Å². The van der Waals surface area contributed by atoms with Crippen molar-refractivity contribution >= 4 is 27.6 Å².